The van der Waals surface area contributed by atoms with E-state index in [1.165, 1.54) is 11.3 Å². The molecule has 0 aromatic carbocycles. The average molecular weight is 275 g/mol. The second kappa shape index (κ2) is 6.18. The van der Waals surface area contributed by atoms with Crippen molar-refractivity contribution in [2.45, 2.75) is 6.42 Å². The van der Waals surface area contributed by atoms with Crippen LogP contribution in [0.15, 0.2) is 23.7 Å². The first kappa shape index (κ1) is 13.3. The lowest BCUT2D eigenvalue weighted by molar-refractivity contribution is 0.102. The van der Waals surface area contributed by atoms with Gasteiger partial charge in [0, 0.05) is 31.1 Å². The maximum atomic E-state index is 11.9. The summed E-state index contributed by atoms with van der Waals surface area (Å²) in [6, 6.07) is 3.46. The number of hydrogen-bond donors (Lipinski definition) is 2. The molecule has 2 aromatic rings. The van der Waals surface area contributed by atoms with Gasteiger partial charge >= 0.3 is 0 Å². The smallest absolute Gasteiger partial charge is 0.257 e. The highest BCUT2D eigenvalue weighted by molar-refractivity contribution is 7.10. The van der Waals surface area contributed by atoms with Gasteiger partial charge in [0.2, 0.25) is 0 Å². The Kier molecular flexibility index (Phi) is 4.34. The third-order valence-corrected chi connectivity index (χ3v) is 3.11. The molecule has 0 atom stereocenters. The Bertz CT molecular complexity index is 634. The Hall–Kier alpha value is -2.10. The zero-order chi connectivity index (χ0) is 13.7. The van der Waals surface area contributed by atoms with Crippen molar-refractivity contribution in [1.29, 1.82) is 0 Å². The lowest BCUT2D eigenvalue weighted by atomic mass is 10.3. The summed E-state index contributed by atoms with van der Waals surface area (Å²) >= 11 is 1.40. The molecule has 0 aliphatic rings. The average Bonchev–Trinajstić information content (AvgIpc) is 2.99. The maximum absolute atomic E-state index is 11.9. The molecule has 1 amide bonds. The Morgan fingerprint density at radius 3 is 3.16 bits per heavy atom. The van der Waals surface area contributed by atoms with Crippen LogP contribution in [0.5, 0.6) is 0 Å². The molecule has 0 spiro atoms. The van der Waals surface area contributed by atoms with Gasteiger partial charge in [0.05, 0.1) is 17.0 Å². The lowest BCUT2D eigenvalue weighted by Crippen LogP contribution is -2.11. The summed E-state index contributed by atoms with van der Waals surface area (Å²) in [5.41, 5.74) is 0.559. The molecule has 98 valence electrons. The van der Waals surface area contributed by atoms with E-state index in [1.807, 2.05) is 0 Å². The van der Waals surface area contributed by atoms with Crippen LogP contribution in [0.4, 0.5) is 5.82 Å². The summed E-state index contributed by atoms with van der Waals surface area (Å²) in [4.78, 5) is 12.7. The van der Waals surface area contributed by atoms with Crippen LogP contribution in [-0.2, 0) is 7.05 Å². The fraction of sp³-hybridized carbons (Fsp3) is 0.231. The van der Waals surface area contributed by atoms with Gasteiger partial charge in [0.15, 0.2) is 5.82 Å². The Morgan fingerprint density at radius 2 is 2.47 bits per heavy atom. The minimum Gasteiger partial charge on any atom is -0.395 e. The molecule has 19 heavy (non-hydrogen) atoms. The zero-order valence-electron chi connectivity index (χ0n) is 10.4. The summed E-state index contributed by atoms with van der Waals surface area (Å²) in [6.45, 7) is 0.0470. The number of rotatable bonds is 3. The molecule has 0 aliphatic carbocycles. The van der Waals surface area contributed by atoms with Crippen LogP contribution in [0.3, 0.4) is 0 Å². The fourth-order valence-corrected chi connectivity index (χ4v) is 2.15. The fourth-order valence-electron chi connectivity index (χ4n) is 1.40. The number of carbonyl (C=O) groups excluding carboxylic acids is 1. The van der Waals surface area contributed by atoms with E-state index in [-0.39, 0.29) is 12.5 Å². The highest BCUT2D eigenvalue weighted by Gasteiger charge is 2.09. The SMILES string of the molecule is Cn1ccc(NC(=O)c2csc(C#CCCO)c2)n1. The van der Waals surface area contributed by atoms with E-state index in [1.54, 1.807) is 35.4 Å². The normalized spacial score (nSPS) is 9.79. The van der Waals surface area contributed by atoms with Crippen LogP contribution in [0.1, 0.15) is 21.7 Å². The van der Waals surface area contributed by atoms with Crippen LogP contribution >= 0.6 is 11.3 Å². The minimum absolute atomic E-state index is 0.0470. The first-order chi connectivity index (χ1) is 9.19. The Balaban J connectivity index is 2.02. The van der Waals surface area contributed by atoms with Gasteiger partial charge in [0.25, 0.3) is 5.91 Å². The van der Waals surface area contributed by atoms with Crippen molar-refractivity contribution < 1.29 is 9.90 Å². The first-order valence-corrected chi connectivity index (χ1v) is 6.56. The number of carbonyl (C=O) groups is 1. The molecule has 2 N–H and O–H groups in total. The lowest BCUT2D eigenvalue weighted by Gasteiger charge is -1.98. The third-order valence-electron chi connectivity index (χ3n) is 2.27. The molecule has 0 saturated heterocycles. The van der Waals surface area contributed by atoms with Crippen LogP contribution in [0, 0.1) is 11.8 Å². The quantitative estimate of drug-likeness (QED) is 0.834. The van der Waals surface area contributed by atoms with Gasteiger partial charge in [-0.3, -0.25) is 9.48 Å². The van der Waals surface area contributed by atoms with Gasteiger partial charge in [-0.2, -0.15) is 5.10 Å². The number of nitrogens with one attached hydrogen (secondary N) is 1. The molecule has 2 aromatic heterocycles. The molecular formula is C13H13N3O2S. The Morgan fingerprint density at radius 1 is 1.63 bits per heavy atom. The van der Waals surface area contributed by atoms with Gasteiger partial charge in [-0.15, -0.1) is 11.3 Å². The second-order valence-electron chi connectivity index (χ2n) is 3.80. The van der Waals surface area contributed by atoms with Gasteiger partial charge in [-0.05, 0) is 6.07 Å². The molecule has 0 unspecified atom stereocenters. The number of thiophene rings is 1. The van der Waals surface area contributed by atoms with E-state index in [0.29, 0.717) is 17.8 Å². The predicted molar refractivity (Wildman–Crippen MR) is 74.1 cm³/mol. The highest BCUT2D eigenvalue weighted by atomic mass is 32.1. The molecule has 0 radical (unpaired) electrons. The van der Waals surface area contributed by atoms with E-state index in [2.05, 4.69) is 22.3 Å². The van der Waals surface area contributed by atoms with Crippen LogP contribution in [0.2, 0.25) is 0 Å². The van der Waals surface area contributed by atoms with Gasteiger partial charge in [-0.1, -0.05) is 11.8 Å². The molecule has 0 aliphatic heterocycles. The number of amides is 1. The molecule has 0 bridgehead atoms. The van der Waals surface area contributed by atoms with Gasteiger partial charge < -0.3 is 10.4 Å². The van der Waals surface area contributed by atoms with Crippen LogP contribution in [-0.4, -0.2) is 27.4 Å². The van der Waals surface area contributed by atoms with E-state index < -0.39 is 0 Å². The number of anilines is 1. The molecule has 6 heteroatoms. The topological polar surface area (TPSA) is 67.2 Å². The van der Waals surface area contributed by atoms with Crippen molar-refractivity contribution in [3.05, 3.63) is 34.2 Å². The number of aliphatic hydroxyl groups is 1. The van der Waals surface area contributed by atoms with Crippen LogP contribution in [0.25, 0.3) is 0 Å². The van der Waals surface area contributed by atoms with Crippen molar-refractivity contribution in [1.82, 2.24) is 9.78 Å². The molecule has 2 rings (SSSR count). The summed E-state index contributed by atoms with van der Waals surface area (Å²) < 4.78 is 1.62. The van der Waals surface area contributed by atoms with E-state index in [9.17, 15) is 4.79 Å². The number of hydrogen-bond acceptors (Lipinski definition) is 4. The van der Waals surface area contributed by atoms with Crippen LogP contribution < -0.4 is 5.32 Å². The summed E-state index contributed by atoms with van der Waals surface area (Å²) in [6.07, 6.45) is 2.20. The second-order valence-corrected chi connectivity index (χ2v) is 4.72. The number of aryl methyl sites for hydroxylation is 1. The molecule has 0 fully saturated rings. The van der Waals surface area contributed by atoms with Crippen molar-refractivity contribution in [2.75, 3.05) is 11.9 Å². The summed E-state index contributed by atoms with van der Waals surface area (Å²) in [5, 5.41) is 17.2. The van der Waals surface area contributed by atoms with Crippen molar-refractivity contribution in [2.24, 2.45) is 7.05 Å². The number of aromatic nitrogens is 2. The summed E-state index contributed by atoms with van der Waals surface area (Å²) in [7, 11) is 1.79. The molecular weight excluding hydrogens is 262 g/mol. The largest absolute Gasteiger partial charge is 0.395 e. The van der Waals surface area contributed by atoms with Crippen molar-refractivity contribution >= 4 is 23.1 Å². The Labute approximate surface area is 114 Å². The first-order valence-electron chi connectivity index (χ1n) is 5.68. The van der Waals surface area contributed by atoms with Gasteiger partial charge in [-0.25, -0.2) is 0 Å². The summed E-state index contributed by atoms with van der Waals surface area (Å²) in [5.74, 6) is 6.03. The standard InChI is InChI=1S/C13H13N3O2S/c1-16-6-5-12(15-16)14-13(18)10-8-11(19-9-10)4-2-3-7-17/h5-6,8-9,17H,3,7H2,1H3,(H,14,15,18). The number of aliphatic hydroxyl groups excluding tert-OH is 1. The van der Waals surface area contributed by atoms with E-state index in [0.717, 1.165) is 4.88 Å². The van der Waals surface area contributed by atoms with E-state index in [4.69, 9.17) is 5.11 Å². The molecule has 0 saturated carbocycles. The van der Waals surface area contributed by atoms with E-state index >= 15 is 0 Å². The monoisotopic (exact) mass is 275 g/mol. The number of nitrogens with zero attached hydrogens (tertiary/aromatic N) is 2. The van der Waals surface area contributed by atoms with Crippen molar-refractivity contribution in [3.8, 4) is 11.8 Å². The zero-order valence-corrected chi connectivity index (χ0v) is 11.2. The molecule has 5 nitrogen and oxygen atoms in total. The predicted octanol–water partition coefficient (Wildman–Crippen LogP) is 1.47. The van der Waals surface area contributed by atoms with Crippen molar-refractivity contribution in [3.63, 3.8) is 0 Å². The highest BCUT2D eigenvalue weighted by Crippen LogP contribution is 2.15. The van der Waals surface area contributed by atoms with Gasteiger partial charge in [0.1, 0.15) is 0 Å². The minimum atomic E-state index is -0.204. The molecule has 2 heterocycles. The maximum Gasteiger partial charge on any atom is 0.257 e. The third kappa shape index (κ3) is 3.68.